The summed E-state index contributed by atoms with van der Waals surface area (Å²) in [6.45, 7) is 6.15. The number of rotatable bonds is 7. The lowest BCUT2D eigenvalue weighted by molar-refractivity contribution is 0.155. The maximum absolute atomic E-state index is 13.9. The first kappa shape index (κ1) is 15.4. The Morgan fingerprint density at radius 2 is 2.30 bits per heavy atom. The van der Waals surface area contributed by atoms with E-state index in [1.54, 1.807) is 6.07 Å². The van der Waals surface area contributed by atoms with E-state index >= 15 is 0 Å². The smallest absolute Gasteiger partial charge is 0.127 e. The molecule has 0 aliphatic carbocycles. The lowest BCUT2D eigenvalue weighted by Gasteiger charge is -2.23. The van der Waals surface area contributed by atoms with Gasteiger partial charge in [-0.25, -0.2) is 4.39 Å². The highest BCUT2D eigenvalue weighted by atomic mass is 19.1. The van der Waals surface area contributed by atoms with Gasteiger partial charge in [-0.1, -0.05) is 19.1 Å². The molecule has 1 atom stereocenters. The van der Waals surface area contributed by atoms with Crippen LogP contribution in [0.2, 0.25) is 0 Å². The van der Waals surface area contributed by atoms with E-state index in [0.717, 1.165) is 50.3 Å². The summed E-state index contributed by atoms with van der Waals surface area (Å²) in [6, 6.07) is 5.83. The van der Waals surface area contributed by atoms with Crippen molar-refractivity contribution in [1.82, 2.24) is 10.2 Å². The van der Waals surface area contributed by atoms with E-state index in [4.69, 9.17) is 4.74 Å². The van der Waals surface area contributed by atoms with Gasteiger partial charge in [0.05, 0.1) is 6.61 Å². The monoisotopic (exact) mass is 280 g/mol. The first-order valence-electron chi connectivity index (χ1n) is 7.46. The Kier molecular flexibility index (Phi) is 5.95. The van der Waals surface area contributed by atoms with Crippen LogP contribution < -0.4 is 5.32 Å². The molecule has 2 rings (SSSR count). The van der Waals surface area contributed by atoms with Gasteiger partial charge in [0.2, 0.25) is 0 Å². The number of hydrogen-bond donors (Lipinski definition) is 1. The molecule has 1 saturated heterocycles. The zero-order valence-corrected chi connectivity index (χ0v) is 12.5. The molecule has 1 aromatic rings. The fourth-order valence-corrected chi connectivity index (χ4v) is 2.54. The topological polar surface area (TPSA) is 24.5 Å². The molecule has 0 amide bonds. The normalized spacial score (nSPS) is 18.9. The summed E-state index contributed by atoms with van der Waals surface area (Å²) in [5.74, 6) is -0.116. The highest BCUT2D eigenvalue weighted by molar-refractivity contribution is 5.25. The van der Waals surface area contributed by atoms with Crippen LogP contribution in [0.3, 0.4) is 0 Å². The van der Waals surface area contributed by atoms with Gasteiger partial charge in [0.25, 0.3) is 0 Å². The molecule has 0 aromatic heterocycles. The van der Waals surface area contributed by atoms with Crippen LogP contribution in [0.4, 0.5) is 4.39 Å². The van der Waals surface area contributed by atoms with Crippen molar-refractivity contribution in [2.45, 2.75) is 38.9 Å². The minimum Gasteiger partial charge on any atom is -0.380 e. The second-order valence-corrected chi connectivity index (χ2v) is 5.54. The Morgan fingerprint density at radius 1 is 1.45 bits per heavy atom. The molecular formula is C16H25FN2O. The number of halogens is 1. The number of likely N-dealkylation sites (N-methyl/N-ethyl adjacent to an activating group) is 1. The fourth-order valence-electron chi connectivity index (χ4n) is 2.54. The molecule has 1 aromatic carbocycles. The highest BCUT2D eigenvalue weighted by Crippen LogP contribution is 2.17. The van der Waals surface area contributed by atoms with Crippen LogP contribution >= 0.6 is 0 Å². The SMILES string of the molecule is CCCNCc1ccc(F)c(CN(C)C2CCOC2)c1. The predicted octanol–water partition coefficient (Wildman–Crippen LogP) is 2.55. The second-order valence-electron chi connectivity index (χ2n) is 5.54. The average molecular weight is 280 g/mol. The Labute approximate surface area is 121 Å². The zero-order chi connectivity index (χ0) is 14.4. The van der Waals surface area contributed by atoms with E-state index in [-0.39, 0.29) is 5.82 Å². The maximum atomic E-state index is 13.9. The standard InChI is InChI=1S/C16H25FN2O/c1-3-7-18-10-13-4-5-16(17)14(9-13)11-19(2)15-6-8-20-12-15/h4-5,9,15,18H,3,6-8,10-12H2,1-2H3. The molecular weight excluding hydrogens is 255 g/mol. The van der Waals surface area contributed by atoms with Gasteiger partial charge in [-0.2, -0.15) is 0 Å². The second kappa shape index (κ2) is 7.72. The van der Waals surface area contributed by atoms with E-state index in [0.29, 0.717) is 12.6 Å². The van der Waals surface area contributed by atoms with Crippen molar-refractivity contribution >= 4 is 0 Å². The largest absolute Gasteiger partial charge is 0.380 e. The van der Waals surface area contributed by atoms with Crippen molar-refractivity contribution in [3.63, 3.8) is 0 Å². The summed E-state index contributed by atoms with van der Waals surface area (Å²) in [7, 11) is 2.04. The molecule has 0 bridgehead atoms. The quantitative estimate of drug-likeness (QED) is 0.777. The Balaban J connectivity index is 1.96. The zero-order valence-electron chi connectivity index (χ0n) is 12.5. The average Bonchev–Trinajstić information content (AvgIpc) is 2.97. The predicted molar refractivity (Wildman–Crippen MR) is 79.1 cm³/mol. The molecule has 0 saturated carbocycles. The summed E-state index contributed by atoms with van der Waals surface area (Å²) >= 11 is 0. The van der Waals surface area contributed by atoms with E-state index in [1.165, 1.54) is 0 Å². The first-order chi connectivity index (χ1) is 9.70. The fraction of sp³-hybridized carbons (Fsp3) is 0.625. The highest BCUT2D eigenvalue weighted by Gasteiger charge is 2.21. The van der Waals surface area contributed by atoms with Crippen molar-refractivity contribution in [2.24, 2.45) is 0 Å². The summed E-state index contributed by atoms with van der Waals surface area (Å²) < 4.78 is 19.3. The summed E-state index contributed by atoms with van der Waals surface area (Å²) in [5, 5.41) is 3.35. The van der Waals surface area contributed by atoms with Gasteiger partial charge < -0.3 is 10.1 Å². The minimum absolute atomic E-state index is 0.116. The van der Waals surface area contributed by atoms with E-state index in [9.17, 15) is 4.39 Å². The lowest BCUT2D eigenvalue weighted by Crippen LogP contribution is -2.31. The molecule has 20 heavy (non-hydrogen) atoms. The van der Waals surface area contributed by atoms with Crippen LogP contribution in [0, 0.1) is 5.82 Å². The molecule has 1 fully saturated rings. The van der Waals surface area contributed by atoms with Crippen LogP contribution in [-0.2, 0) is 17.8 Å². The minimum atomic E-state index is -0.116. The van der Waals surface area contributed by atoms with Crippen LogP contribution in [0.5, 0.6) is 0 Å². The molecule has 1 unspecified atom stereocenters. The molecule has 4 heteroatoms. The van der Waals surface area contributed by atoms with Crippen LogP contribution in [0.15, 0.2) is 18.2 Å². The molecule has 1 aliphatic rings. The molecule has 1 N–H and O–H groups in total. The van der Waals surface area contributed by atoms with Gasteiger partial charge in [0.1, 0.15) is 5.82 Å². The Hall–Kier alpha value is -0.970. The van der Waals surface area contributed by atoms with Gasteiger partial charge >= 0.3 is 0 Å². The van der Waals surface area contributed by atoms with Crippen molar-refractivity contribution in [3.05, 3.63) is 35.1 Å². The third kappa shape index (κ3) is 4.27. The van der Waals surface area contributed by atoms with E-state index < -0.39 is 0 Å². The number of nitrogens with zero attached hydrogens (tertiary/aromatic N) is 1. The third-order valence-electron chi connectivity index (χ3n) is 3.81. The Morgan fingerprint density at radius 3 is 3.00 bits per heavy atom. The summed E-state index contributed by atoms with van der Waals surface area (Å²) in [4.78, 5) is 2.19. The molecule has 1 aliphatic heterocycles. The van der Waals surface area contributed by atoms with Crippen LogP contribution in [0.1, 0.15) is 30.9 Å². The first-order valence-corrected chi connectivity index (χ1v) is 7.46. The van der Waals surface area contributed by atoms with Gasteiger partial charge in [-0.05, 0) is 38.1 Å². The van der Waals surface area contributed by atoms with Crippen LogP contribution in [0.25, 0.3) is 0 Å². The van der Waals surface area contributed by atoms with Crippen molar-refractivity contribution in [3.8, 4) is 0 Å². The van der Waals surface area contributed by atoms with Gasteiger partial charge in [-0.15, -0.1) is 0 Å². The van der Waals surface area contributed by atoms with E-state index in [2.05, 4.69) is 17.1 Å². The van der Waals surface area contributed by atoms with Crippen LogP contribution in [-0.4, -0.2) is 37.7 Å². The molecule has 0 spiro atoms. The van der Waals surface area contributed by atoms with Gasteiger partial charge in [0.15, 0.2) is 0 Å². The summed E-state index contributed by atoms with van der Waals surface area (Å²) in [5.41, 5.74) is 1.92. The Bertz CT molecular complexity index is 419. The third-order valence-corrected chi connectivity index (χ3v) is 3.81. The molecule has 112 valence electrons. The van der Waals surface area contributed by atoms with Crippen molar-refractivity contribution in [1.29, 1.82) is 0 Å². The number of ether oxygens (including phenoxy) is 1. The maximum Gasteiger partial charge on any atom is 0.127 e. The molecule has 0 radical (unpaired) electrons. The summed E-state index contributed by atoms with van der Waals surface area (Å²) in [6.07, 6.45) is 2.15. The number of hydrogen-bond acceptors (Lipinski definition) is 3. The van der Waals surface area contributed by atoms with Gasteiger partial charge in [0, 0.05) is 31.3 Å². The van der Waals surface area contributed by atoms with Crippen molar-refractivity contribution in [2.75, 3.05) is 26.8 Å². The van der Waals surface area contributed by atoms with Crippen molar-refractivity contribution < 1.29 is 9.13 Å². The number of benzene rings is 1. The number of nitrogens with one attached hydrogen (secondary N) is 1. The van der Waals surface area contributed by atoms with Gasteiger partial charge in [-0.3, -0.25) is 4.90 Å². The molecule has 3 nitrogen and oxygen atoms in total. The van der Waals surface area contributed by atoms with E-state index in [1.807, 2.05) is 19.2 Å². The lowest BCUT2D eigenvalue weighted by atomic mass is 10.1. The molecule has 1 heterocycles.